The third-order valence-electron chi connectivity index (χ3n) is 4.02. The van der Waals surface area contributed by atoms with E-state index in [4.69, 9.17) is 0 Å². The lowest BCUT2D eigenvalue weighted by molar-refractivity contribution is -0.116. The Bertz CT molecular complexity index is 633. The Labute approximate surface area is 139 Å². The van der Waals surface area contributed by atoms with Crippen LogP contribution in [-0.4, -0.2) is 5.91 Å². The van der Waals surface area contributed by atoms with Crippen molar-refractivity contribution >= 4 is 11.6 Å². The van der Waals surface area contributed by atoms with Gasteiger partial charge in [-0.1, -0.05) is 62.7 Å². The maximum absolute atomic E-state index is 12.0. The fourth-order valence-corrected chi connectivity index (χ4v) is 2.48. The van der Waals surface area contributed by atoms with Gasteiger partial charge in [-0.25, -0.2) is 0 Å². The summed E-state index contributed by atoms with van der Waals surface area (Å²) in [5, 5.41) is 2.98. The molecule has 1 amide bonds. The van der Waals surface area contributed by atoms with Crippen LogP contribution in [0.2, 0.25) is 0 Å². The van der Waals surface area contributed by atoms with Gasteiger partial charge in [-0.05, 0) is 48.4 Å². The van der Waals surface area contributed by atoms with Crippen LogP contribution in [0.1, 0.15) is 50.3 Å². The maximum atomic E-state index is 12.0. The van der Waals surface area contributed by atoms with Gasteiger partial charge < -0.3 is 5.32 Å². The molecule has 0 unspecified atom stereocenters. The number of carbonyl (C=O) groups excluding carboxylic acids is 1. The Balaban J connectivity index is 1.79. The van der Waals surface area contributed by atoms with Crippen LogP contribution in [0.4, 0.5) is 5.69 Å². The zero-order chi connectivity index (χ0) is 16.9. The summed E-state index contributed by atoms with van der Waals surface area (Å²) in [6, 6.07) is 16.6. The van der Waals surface area contributed by atoms with E-state index in [0.29, 0.717) is 6.42 Å². The van der Waals surface area contributed by atoms with Gasteiger partial charge in [0, 0.05) is 12.1 Å². The van der Waals surface area contributed by atoms with E-state index in [0.717, 1.165) is 18.5 Å². The average Bonchev–Trinajstić information content (AvgIpc) is 2.49. The molecule has 0 aliphatic carbocycles. The molecule has 0 atom stereocenters. The van der Waals surface area contributed by atoms with Crippen LogP contribution < -0.4 is 5.32 Å². The molecule has 0 heterocycles. The highest BCUT2D eigenvalue weighted by atomic mass is 16.1. The average molecular weight is 309 g/mol. The van der Waals surface area contributed by atoms with Crippen molar-refractivity contribution < 1.29 is 4.79 Å². The van der Waals surface area contributed by atoms with E-state index in [1.807, 2.05) is 12.1 Å². The van der Waals surface area contributed by atoms with Gasteiger partial charge in [-0.3, -0.25) is 4.79 Å². The second kappa shape index (κ2) is 7.45. The van der Waals surface area contributed by atoms with Crippen molar-refractivity contribution in [2.24, 2.45) is 0 Å². The number of anilines is 1. The molecule has 0 spiro atoms. The number of carbonyl (C=O) groups is 1. The van der Waals surface area contributed by atoms with E-state index in [-0.39, 0.29) is 11.3 Å². The van der Waals surface area contributed by atoms with Crippen LogP contribution in [-0.2, 0) is 16.6 Å². The smallest absolute Gasteiger partial charge is 0.224 e. The standard InChI is InChI=1S/C21H27NO/c1-16-8-10-17(11-9-16)6-5-7-20(23)22-19-14-12-18(13-15-19)21(2,3)4/h8-15H,5-7H2,1-4H3,(H,22,23). The molecule has 0 aliphatic heterocycles. The van der Waals surface area contributed by atoms with E-state index >= 15 is 0 Å². The molecule has 122 valence electrons. The molecule has 2 rings (SSSR count). The molecule has 0 fully saturated rings. The highest BCUT2D eigenvalue weighted by Crippen LogP contribution is 2.23. The fourth-order valence-electron chi connectivity index (χ4n) is 2.48. The number of benzene rings is 2. The fraction of sp³-hybridized carbons (Fsp3) is 0.381. The SMILES string of the molecule is Cc1ccc(CCCC(=O)Nc2ccc(C(C)(C)C)cc2)cc1. The monoisotopic (exact) mass is 309 g/mol. The highest BCUT2D eigenvalue weighted by molar-refractivity contribution is 5.90. The minimum Gasteiger partial charge on any atom is -0.326 e. The molecule has 0 saturated carbocycles. The van der Waals surface area contributed by atoms with Crippen molar-refractivity contribution in [2.45, 2.75) is 52.4 Å². The van der Waals surface area contributed by atoms with E-state index in [2.05, 4.69) is 69.4 Å². The van der Waals surface area contributed by atoms with Gasteiger partial charge >= 0.3 is 0 Å². The molecule has 2 nitrogen and oxygen atoms in total. The minimum atomic E-state index is 0.0839. The van der Waals surface area contributed by atoms with Gasteiger partial charge in [0.15, 0.2) is 0 Å². The van der Waals surface area contributed by atoms with E-state index in [1.54, 1.807) is 0 Å². The van der Waals surface area contributed by atoms with Gasteiger partial charge in [-0.15, -0.1) is 0 Å². The molecular formula is C21H27NO. The molecule has 2 heteroatoms. The lowest BCUT2D eigenvalue weighted by Crippen LogP contribution is -2.13. The summed E-state index contributed by atoms with van der Waals surface area (Å²) in [4.78, 5) is 12.0. The first-order valence-corrected chi connectivity index (χ1v) is 8.30. The Morgan fingerprint density at radius 2 is 1.57 bits per heavy atom. The van der Waals surface area contributed by atoms with Crippen LogP contribution in [0.25, 0.3) is 0 Å². The number of hydrogen-bond acceptors (Lipinski definition) is 1. The first-order chi connectivity index (χ1) is 10.8. The third-order valence-corrected chi connectivity index (χ3v) is 4.02. The third kappa shape index (κ3) is 5.55. The van der Waals surface area contributed by atoms with E-state index < -0.39 is 0 Å². The molecule has 0 aromatic heterocycles. The number of nitrogens with one attached hydrogen (secondary N) is 1. The van der Waals surface area contributed by atoms with Gasteiger partial charge in [-0.2, -0.15) is 0 Å². The van der Waals surface area contributed by atoms with Gasteiger partial charge in [0.2, 0.25) is 5.91 Å². The van der Waals surface area contributed by atoms with Crippen molar-refractivity contribution in [3.8, 4) is 0 Å². The second-order valence-corrected chi connectivity index (χ2v) is 7.21. The van der Waals surface area contributed by atoms with Gasteiger partial charge in [0.1, 0.15) is 0 Å². The summed E-state index contributed by atoms with van der Waals surface area (Å²) < 4.78 is 0. The summed E-state index contributed by atoms with van der Waals surface area (Å²) in [6.07, 6.45) is 2.36. The lowest BCUT2D eigenvalue weighted by atomic mass is 9.87. The molecule has 2 aromatic rings. The van der Waals surface area contributed by atoms with Crippen LogP contribution >= 0.6 is 0 Å². The predicted molar refractivity (Wildman–Crippen MR) is 97.9 cm³/mol. The molecule has 23 heavy (non-hydrogen) atoms. The Morgan fingerprint density at radius 1 is 0.957 bits per heavy atom. The summed E-state index contributed by atoms with van der Waals surface area (Å²) >= 11 is 0. The Morgan fingerprint density at radius 3 is 2.13 bits per heavy atom. The molecule has 0 aliphatic rings. The predicted octanol–water partition coefficient (Wildman–Crippen LogP) is 5.25. The first-order valence-electron chi connectivity index (χ1n) is 8.30. The Hall–Kier alpha value is -2.09. The number of aryl methyl sites for hydroxylation is 2. The summed E-state index contributed by atoms with van der Waals surface area (Å²) in [5.74, 6) is 0.0839. The van der Waals surface area contributed by atoms with E-state index in [1.165, 1.54) is 16.7 Å². The molecular weight excluding hydrogens is 282 g/mol. The summed E-state index contributed by atoms with van der Waals surface area (Å²) in [6.45, 7) is 8.64. The molecule has 0 bridgehead atoms. The first kappa shape index (κ1) is 17.3. The summed E-state index contributed by atoms with van der Waals surface area (Å²) in [5.41, 5.74) is 4.84. The van der Waals surface area contributed by atoms with Crippen LogP contribution in [0.3, 0.4) is 0 Å². The second-order valence-electron chi connectivity index (χ2n) is 7.21. The molecule has 0 radical (unpaired) electrons. The topological polar surface area (TPSA) is 29.1 Å². The Kier molecular flexibility index (Phi) is 5.59. The molecule has 2 aromatic carbocycles. The zero-order valence-electron chi connectivity index (χ0n) is 14.6. The van der Waals surface area contributed by atoms with Crippen molar-refractivity contribution in [3.05, 3.63) is 65.2 Å². The number of rotatable bonds is 5. The molecule has 1 N–H and O–H groups in total. The van der Waals surface area contributed by atoms with Gasteiger partial charge in [0.25, 0.3) is 0 Å². The summed E-state index contributed by atoms with van der Waals surface area (Å²) in [7, 11) is 0. The zero-order valence-corrected chi connectivity index (χ0v) is 14.6. The van der Waals surface area contributed by atoms with Crippen molar-refractivity contribution in [1.82, 2.24) is 0 Å². The minimum absolute atomic E-state index is 0.0839. The normalized spacial score (nSPS) is 11.3. The van der Waals surface area contributed by atoms with Crippen molar-refractivity contribution in [2.75, 3.05) is 5.32 Å². The largest absolute Gasteiger partial charge is 0.326 e. The number of hydrogen-bond donors (Lipinski definition) is 1. The van der Waals surface area contributed by atoms with E-state index in [9.17, 15) is 4.79 Å². The highest BCUT2D eigenvalue weighted by Gasteiger charge is 2.13. The van der Waals surface area contributed by atoms with Gasteiger partial charge in [0.05, 0.1) is 0 Å². The van der Waals surface area contributed by atoms with Crippen LogP contribution in [0.5, 0.6) is 0 Å². The van der Waals surface area contributed by atoms with Crippen LogP contribution in [0.15, 0.2) is 48.5 Å². The maximum Gasteiger partial charge on any atom is 0.224 e. The quantitative estimate of drug-likeness (QED) is 0.802. The lowest BCUT2D eigenvalue weighted by Gasteiger charge is -2.19. The van der Waals surface area contributed by atoms with Crippen LogP contribution in [0, 0.1) is 6.92 Å². The van der Waals surface area contributed by atoms with Crippen molar-refractivity contribution in [3.63, 3.8) is 0 Å². The van der Waals surface area contributed by atoms with Crippen molar-refractivity contribution in [1.29, 1.82) is 0 Å². The number of amides is 1. The molecule has 0 saturated heterocycles.